The van der Waals surface area contributed by atoms with Crippen molar-refractivity contribution in [3.8, 4) is 0 Å². The van der Waals surface area contributed by atoms with Gasteiger partial charge in [0.15, 0.2) is 0 Å². The third-order valence-electron chi connectivity index (χ3n) is 4.65. The van der Waals surface area contributed by atoms with Crippen molar-refractivity contribution >= 4 is 11.8 Å². The van der Waals surface area contributed by atoms with Crippen LogP contribution in [0.25, 0.3) is 0 Å². The molecule has 5 heteroatoms. The van der Waals surface area contributed by atoms with Crippen molar-refractivity contribution in [1.82, 2.24) is 15.1 Å². The SMILES string of the molecule is CCC1NC(=O)C(C)N(C2CCN(C)C(C)C2)C1=O. The van der Waals surface area contributed by atoms with Gasteiger partial charge in [-0.25, -0.2) is 0 Å². The third kappa shape index (κ3) is 2.61. The largest absolute Gasteiger partial charge is 0.343 e. The Morgan fingerprint density at radius 1 is 1.32 bits per heavy atom. The normalized spacial score (nSPS) is 37.4. The summed E-state index contributed by atoms with van der Waals surface area (Å²) >= 11 is 0. The molecular weight excluding hydrogens is 242 g/mol. The molecule has 0 spiro atoms. The van der Waals surface area contributed by atoms with Gasteiger partial charge in [0.1, 0.15) is 12.1 Å². The van der Waals surface area contributed by atoms with Crippen LogP contribution in [0, 0.1) is 0 Å². The predicted molar refractivity (Wildman–Crippen MR) is 73.6 cm³/mol. The van der Waals surface area contributed by atoms with E-state index in [1.165, 1.54) is 0 Å². The summed E-state index contributed by atoms with van der Waals surface area (Å²) in [5.41, 5.74) is 0. The Hall–Kier alpha value is -1.10. The zero-order valence-electron chi connectivity index (χ0n) is 12.3. The molecule has 2 aliphatic heterocycles. The van der Waals surface area contributed by atoms with Gasteiger partial charge in [0, 0.05) is 18.6 Å². The maximum atomic E-state index is 12.5. The molecule has 2 saturated heterocycles. The van der Waals surface area contributed by atoms with E-state index in [-0.39, 0.29) is 29.9 Å². The van der Waals surface area contributed by atoms with Gasteiger partial charge in [-0.15, -0.1) is 0 Å². The quantitative estimate of drug-likeness (QED) is 0.797. The average Bonchev–Trinajstić information content (AvgIpc) is 2.38. The minimum absolute atomic E-state index is 0.0157. The fraction of sp³-hybridized carbons (Fsp3) is 0.857. The van der Waals surface area contributed by atoms with Crippen LogP contribution < -0.4 is 5.32 Å². The van der Waals surface area contributed by atoms with Gasteiger partial charge in [-0.3, -0.25) is 9.59 Å². The molecule has 2 fully saturated rings. The highest BCUT2D eigenvalue weighted by molar-refractivity contribution is 5.96. The van der Waals surface area contributed by atoms with Crippen molar-refractivity contribution in [3.63, 3.8) is 0 Å². The fourth-order valence-corrected chi connectivity index (χ4v) is 3.14. The molecular formula is C14H25N3O2. The van der Waals surface area contributed by atoms with Crippen LogP contribution in [0.5, 0.6) is 0 Å². The predicted octanol–water partition coefficient (Wildman–Crippen LogP) is 0.595. The molecule has 2 heterocycles. The van der Waals surface area contributed by atoms with Gasteiger partial charge >= 0.3 is 0 Å². The van der Waals surface area contributed by atoms with Crippen LogP contribution in [-0.4, -0.2) is 59.4 Å². The molecule has 0 bridgehead atoms. The van der Waals surface area contributed by atoms with Crippen LogP contribution in [0.3, 0.4) is 0 Å². The van der Waals surface area contributed by atoms with Gasteiger partial charge in [-0.2, -0.15) is 0 Å². The molecule has 0 aromatic heterocycles. The second-order valence-electron chi connectivity index (χ2n) is 5.90. The van der Waals surface area contributed by atoms with Gasteiger partial charge in [0.25, 0.3) is 0 Å². The fourth-order valence-electron chi connectivity index (χ4n) is 3.14. The summed E-state index contributed by atoms with van der Waals surface area (Å²) in [7, 11) is 2.11. The zero-order chi connectivity index (χ0) is 14.2. The number of amides is 2. The standard InChI is InChI=1S/C14H25N3O2/c1-5-12-14(19)17(10(3)13(18)15-12)11-6-7-16(4)9(2)8-11/h9-12H,5-8H2,1-4H3,(H,15,18). The van der Waals surface area contributed by atoms with E-state index in [4.69, 9.17) is 0 Å². The first-order chi connectivity index (χ1) is 8.95. The second kappa shape index (κ2) is 5.49. The van der Waals surface area contributed by atoms with Crippen molar-refractivity contribution < 1.29 is 9.59 Å². The van der Waals surface area contributed by atoms with Crippen LogP contribution in [0.15, 0.2) is 0 Å². The lowest BCUT2D eigenvalue weighted by Crippen LogP contribution is -2.66. The van der Waals surface area contributed by atoms with Gasteiger partial charge in [0.05, 0.1) is 0 Å². The van der Waals surface area contributed by atoms with E-state index in [0.29, 0.717) is 12.5 Å². The highest BCUT2D eigenvalue weighted by Gasteiger charge is 2.42. The number of hydrogen-bond donors (Lipinski definition) is 1. The van der Waals surface area contributed by atoms with Gasteiger partial charge in [-0.1, -0.05) is 6.92 Å². The molecule has 0 aromatic rings. The summed E-state index contributed by atoms with van der Waals surface area (Å²) in [6, 6.07) is -0.00724. The first kappa shape index (κ1) is 14.3. The van der Waals surface area contributed by atoms with E-state index in [1.807, 2.05) is 18.7 Å². The lowest BCUT2D eigenvalue weighted by atomic mass is 9.93. The summed E-state index contributed by atoms with van der Waals surface area (Å²) in [5, 5.41) is 2.81. The van der Waals surface area contributed by atoms with E-state index < -0.39 is 0 Å². The number of nitrogens with zero attached hydrogens (tertiary/aromatic N) is 2. The molecule has 0 aromatic carbocycles. The van der Waals surface area contributed by atoms with E-state index in [2.05, 4.69) is 24.2 Å². The summed E-state index contributed by atoms with van der Waals surface area (Å²) in [4.78, 5) is 28.6. The van der Waals surface area contributed by atoms with E-state index >= 15 is 0 Å². The van der Waals surface area contributed by atoms with Crippen LogP contribution in [-0.2, 0) is 9.59 Å². The Labute approximate surface area is 115 Å². The molecule has 0 saturated carbocycles. The highest BCUT2D eigenvalue weighted by atomic mass is 16.2. The molecule has 0 radical (unpaired) electrons. The van der Waals surface area contributed by atoms with Crippen LogP contribution in [0.2, 0.25) is 0 Å². The molecule has 108 valence electrons. The minimum atomic E-state index is -0.337. The van der Waals surface area contributed by atoms with E-state index in [0.717, 1.165) is 19.4 Å². The number of likely N-dealkylation sites (tertiary alicyclic amines) is 1. The smallest absolute Gasteiger partial charge is 0.246 e. The maximum Gasteiger partial charge on any atom is 0.246 e. The van der Waals surface area contributed by atoms with Crippen molar-refractivity contribution in [3.05, 3.63) is 0 Å². The maximum absolute atomic E-state index is 12.5. The first-order valence-electron chi connectivity index (χ1n) is 7.28. The number of nitrogens with one attached hydrogen (secondary N) is 1. The molecule has 2 aliphatic rings. The summed E-state index contributed by atoms with van der Waals surface area (Å²) in [6.45, 7) is 6.94. The van der Waals surface area contributed by atoms with Crippen molar-refractivity contribution in [2.45, 2.75) is 64.2 Å². The van der Waals surface area contributed by atoms with Crippen LogP contribution >= 0.6 is 0 Å². The topological polar surface area (TPSA) is 52.7 Å². The Morgan fingerprint density at radius 3 is 2.58 bits per heavy atom. The lowest BCUT2D eigenvalue weighted by molar-refractivity contribution is -0.153. The Kier molecular flexibility index (Phi) is 4.13. The van der Waals surface area contributed by atoms with E-state index in [1.54, 1.807) is 0 Å². The van der Waals surface area contributed by atoms with Gasteiger partial charge < -0.3 is 15.1 Å². The summed E-state index contributed by atoms with van der Waals surface area (Å²) in [6.07, 6.45) is 2.58. The lowest BCUT2D eigenvalue weighted by Gasteiger charge is -2.46. The van der Waals surface area contributed by atoms with Crippen LogP contribution in [0.1, 0.15) is 40.0 Å². The molecule has 19 heavy (non-hydrogen) atoms. The summed E-state index contributed by atoms with van der Waals surface area (Å²) in [5.74, 6) is 0.0781. The van der Waals surface area contributed by atoms with Gasteiger partial charge in [-0.05, 0) is 40.2 Å². The molecule has 0 aliphatic carbocycles. The highest BCUT2D eigenvalue weighted by Crippen LogP contribution is 2.25. The number of rotatable bonds is 2. The van der Waals surface area contributed by atoms with Crippen molar-refractivity contribution in [2.75, 3.05) is 13.6 Å². The molecule has 2 rings (SSSR count). The Morgan fingerprint density at radius 2 is 2.00 bits per heavy atom. The molecule has 1 N–H and O–H groups in total. The number of piperazine rings is 1. The van der Waals surface area contributed by atoms with Crippen molar-refractivity contribution in [1.29, 1.82) is 0 Å². The molecule has 5 nitrogen and oxygen atoms in total. The van der Waals surface area contributed by atoms with E-state index in [9.17, 15) is 9.59 Å². The second-order valence-corrected chi connectivity index (χ2v) is 5.90. The Bertz CT molecular complexity index is 372. The monoisotopic (exact) mass is 267 g/mol. The summed E-state index contributed by atoms with van der Waals surface area (Å²) < 4.78 is 0. The first-order valence-corrected chi connectivity index (χ1v) is 7.28. The molecule has 4 unspecified atom stereocenters. The number of carbonyl (C=O) groups excluding carboxylic acids is 2. The van der Waals surface area contributed by atoms with Gasteiger partial charge in [0.2, 0.25) is 11.8 Å². The Balaban J connectivity index is 2.16. The number of carbonyl (C=O) groups is 2. The zero-order valence-corrected chi connectivity index (χ0v) is 12.3. The van der Waals surface area contributed by atoms with Crippen LogP contribution in [0.4, 0.5) is 0 Å². The average molecular weight is 267 g/mol. The molecule has 2 amide bonds. The minimum Gasteiger partial charge on any atom is -0.343 e. The number of piperidine rings is 1. The molecule has 4 atom stereocenters. The number of hydrogen-bond acceptors (Lipinski definition) is 3. The van der Waals surface area contributed by atoms with Crippen molar-refractivity contribution in [2.24, 2.45) is 0 Å². The third-order valence-corrected chi connectivity index (χ3v) is 4.65.